The highest BCUT2D eigenvalue weighted by Crippen LogP contribution is 2.45. The Kier molecular flexibility index (Phi) is 6.57. The van der Waals surface area contributed by atoms with Gasteiger partial charge in [0.2, 0.25) is 0 Å². The van der Waals surface area contributed by atoms with Gasteiger partial charge in [0, 0.05) is 11.8 Å². The molecule has 0 saturated heterocycles. The third-order valence-electron chi connectivity index (χ3n) is 10.3. The summed E-state index contributed by atoms with van der Waals surface area (Å²) >= 11 is 0. The maximum atomic E-state index is 4.86. The van der Waals surface area contributed by atoms with Crippen molar-refractivity contribution in [3.8, 4) is 44.6 Å². The van der Waals surface area contributed by atoms with Crippen LogP contribution >= 0.6 is 0 Å². The molecule has 10 aromatic rings. The molecule has 0 amide bonds. The van der Waals surface area contributed by atoms with E-state index in [-0.39, 0.29) is 0 Å². The fourth-order valence-corrected chi connectivity index (χ4v) is 7.94. The molecule has 1 heterocycles. The van der Waals surface area contributed by atoms with Crippen molar-refractivity contribution in [3.63, 3.8) is 0 Å². The van der Waals surface area contributed by atoms with Gasteiger partial charge >= 0.3 is 0 Å². The third-order valence-corrected chi connectivity index (χ3v) is 10.3. The minimum absolute atomic E-state index is 0.984. The number of nitrogens with zero attached hydrogens (tertiary/aromatic N) is 1. The normalized spacial score (nSPS) is 11.6. The number of pyridine rings is 1. The second-order valence-corrected chi connectivity index (χ2v) is 13.1. The van der Waals surface area contributed by atoms with E-state index in [0.717, 1.165) is 5.69 Å². The summed E-state index contributed by atoms with van der Waals surface area (Å²) in [7, 11) is 0. The summed E-state index contributed by atoms with van der Waals surface area (Å²) in [6, 6.07) is 66.3. The molecular weight excluding hydrogens is 603 g/mol. The topological polar surface area (TPSA) is 12.9 Å². The Morgan fingerprint density at radius 1 is 0.280 bits per heavy atom. The van der Waals surface area contributed by atoms with Gasteiger partial charge < -0.3 is 0 Å². The molecule has 0 saturated carbocycles. The molecule has 0 N–H and O–H groups in total. The molecule has 10 rings (SSSR count). The SMILES string of the molecule is c1ccc(-c2ccc3c(-c4ccc(-c5cccc6c5ccc5cc7ccccc7cc56)cc4)c4ccccc4c(-c4ccccn4)c3c2)cc1. The number of aromatic nitrogens is 1. The highest BCUT2D eigenvalue weighted by atomic mass is 14.7. The third kappa shape index (κ3) is 4.59. The van der Waals surface area contributed by atoms with Gasteiger partial charge in [-0.15, -0.1) is 0 Å². The Balaban J connectivity index is 1.17. The highest BCUT2D eigenvalue weighted by Gasteiger charge is 2.18. The van der Waals surface area contributed by atoms with E-state index < -0.39 is 0 Å². The lowest BCUT2D eigenvalue weighted by molar-refractivity contribution is 1.34. The standard InChI is InChI=1S/C49H31N/c1-2-11-32(12-3-1)37-24-27-44-46(31-37)49(47-19-8-9-28-50-47)43-16-7-6-15-42(43)48(44)34-22-20-33(21-23-34)39-17-10-18-40-41(39)26-25-38-29-35-13-4-5-14-36(35)30-45(38)40/h1-31H. The van der Waals surface area contributed by atoms with Gasteiger partial charge in [-0.2, -0.15) is 0 Å². The summed E-state index contributed by atoms with van der Waals surface area (Å²) in [5.74, 6) is 0. The molecule has 0 unspecified atom stereocenters. The zero-order chi connectivity index (χ0) is 33.0. The monoisotopic (exact) mass is 633 g/mol. The van der Waals surface area contributed by atoms with Crippen LogP contribution in [-0.2, 0) is 0 Å². The largest absolute Gasteiger partial charge is 0.256 e. The predicted molar refractivity (Wildman–Crippen MR) is 214 cm³/mol. The zero-order valence-electron chi connectivity index (χ0n) is 27.3. The first-order chi connectivity index (χ1) is 24.8. The van der Waals surface area contributed by atoms with E-state index in [2.05, 4.69) is 176 Å². The fourth-order valence-electron chi connectivity index (χ4n) is 7.94. The molecule has 1 heteroatoms. The maximum Gasteiger partial charge on any atom is 0.0714 e. The van der Waals surface area contributed by atoms with Crippen molar-refractivity contribution in [1.82, 2.24) is 4.98 Å². The van der Waals surface area contributed by atoms with Gasteiger partial charge in [-0.25, -0.2) is 0 Å². The quantitative estimate of drug-likeness (QED) is 0.139. The van der Waals surface area contributed by atoms with Gasteiger partial charge in [-0.1, -0.05) is 152 Å². The molecule has 0 aliphatic carbocycles. The van der Waals surface area contributed by atoms with E-state index in [0.29, 0.717) is 0 Å². The van der Waals surface area contributed by atoms with E-state index in [9.17, 15) is 0 Å². The molecule has 0 spiro atoms. The average Bonchev–Trinajstić information content (AvgIpc) is 3.19. The van der Waals surface area contributed by atoms with E-state index in [1.807, 2.05) is 12.3 Å². The van der Waals surface area contributed by atoms with Gasteiger partial charge in [-0.05, 0) is 118 Å². The van der Waals surface area contributed by atoms with Crippen LogP contribution in [0.5, 0.6) is 0 Å². The van der Waals surface area contributed by atoms with Crippen LogP contribution in [0.25, 0.3) is 98.5 Å². The van der Waals surface area contributed by atoms with Crippen molar-refractivity contribution in [2.45, 2.75) is 0 Å². The van der Waals surface area contributed by atoms with Crippen LogP contribution in [-0.4, -0.2) is 4.98 Å². The molecular formula is C49H31N. The number of hydrogen-bond acceptors (Lipinski definition) is 1. The first-order valence-corrected chi connectivity index (χ1v) is 17.2. The molecule has 0 fully saturated rings. The van der Waals surface area contributed by atoms with Crippen molar-refractivity contribution in [3.05, 3.63) is 188 Å². The molecule has 50 heavy (non-hydrogen) atoms. The molecule has 232 valence electrons. The van der Waals surface area contributed by atoms with Crippen molar-refractivity contribution in [2.24, 2.45) is 0 Å². The Morgan fingerprint density at radius 2 is 0.920 bits per heavy atom. The van der Waals surface area contributed by atoms with E-state index in [1.54, 1.807) is 0 Å². The second-order valence-electron chi connectivity index (χ2n) is 13.1. The van der Waals surface area contributed by atoms with Crippen molar-refractivity contribution >= 4 is 53.9 Å². The lowest BCUT2D eigenvalue weighted by atomic mass is 9.85. The highest BCUT2D eigenvalue weighted by molar-refractivity contribution is 6.22. The molecule has 0 bridgehead atoms. The Morgan fingerprint density at radius 3 is 1.72 bits per heavy atom. The average molecular weight is 634 g/mol. The van der Waals surface area contributed by atoms with Crippen LogP contribution in [0.1, 0.15) is 0 Å². The zero-order valence-corrected chi connectivity index (χ0v) is 27.3. The van der Waals surface area contributed by atoms with Crippen LogP contribution in [0.2, 0.25) is 0 Å². The summed E-state index contributed by atoms with van der Waals surface area (Å²) in [5, 5.41) is 12.5. The summed E-state index contributed by atoms with van der Waals surface area (Å²) in [4.78, 5) is 4.86. The number of benzene rings is 9. The Hall–Kier alpha value is -6.57. The van der Waals surface area contributed by atoms with Crippen LogP contribution in [0, 0.1) is 0 Å². The second kappa shape index (κ2) is 11.5. The lowest BCUT2D eigenvalue weighted by Crippen LogP contribution is -1.93. The summed E-state index contributed by atoms with van der Waals surface area (Å²) < 4.78 is 0. The summed E-state index contributed by atoms with van der Waals surface area (Å²) in [6.07, 6.45) is 1.89. The molecule has 1 aromatic heterocycles. The fraction of sp³-hybridized carbons (Fsp3) is 0. The molecule has 0 radical (unpaired) electrons. The van der Waals surface area contributed by atoms with Crippen molar-refractivity contribution in [1.29, 1.82) is 0 Å². The summed E-state index contributed by atoms with van der Waals surface area (Å²) in [6.45, 7) is 0. The van der Waals surface area contributed by atoms with Gasteiger partial charge in [0.15, 0.2) is 0 Å². The molecule has 0 aliphatic rings. The van der Waals surface area contributed by atoms with Gasteiger partial charge in [-0.3, -0.25) is 4.98 Å². The first kappa shape index (κ1) is 28.4. The van der Waals surface area contributed by atoms with Crippen LogP contribution in [0.3, 0.4) is 0 Å². The van der Waals surface area contributed by atoms with Crippen LogP contribution in [0.15, 0.2) is 188 Å². The van der Waals surface area contributed by atoms with E-state index >= 15 is 0 Å². The van der Waals surface area contributed by atoms with Gasteiger partial charge in [0.05, 0.1) is 5.69 Å². The summed E-state index contributed by atoms with van der Waals surface area (Å²) in [5.41, 5.74) is 9.47. The van der Waals surface area contributed by atoms with Crippen LogP contribution in [0.4, 0.5) is 0 Å². The lowest BCUT2D eigenvalue weighted by Gasteiger charge is -2.18. The number of fused-ring (bicyclic) bond motifs is 6. The first-order valence-electron chi connectivity index (χ1n) is 17.2. The van der Waals surface area contributed by atoms with E-state index in [1.165, 1.54) is 92.8 Å². The van der Waals surface area contributed by atoms with Gasteiger partial charge in [0.1, 0.15) is 0 Å². The molecule has 1 nitrogen and oxygen atoms in total. The van der Waals surface area contributed by atoms with E-state index in [4.69, 9.17) is 4.98 Å². The minimum atomic E-state index is 0.984. The number of rotatable bonds is 4. The smallest absolute Gasteiger partial charge is 0.0714 e. The Labute approximate surface area is 290 Å². The molecule has 0 aliphatic heterocycles. The van der Waals surface area contributed by atoms with Crippen molar-refractivity contribution in [2.75, 3.05) is 0 Å². The van der Waals surface area contributed by atoms with Crippen molar-refractivity contribution < 1.29 is 0 Å². The van der Waals surface area contributed by atoms with Gasteiger partial charge in [0.25, 0.3) is 0 Å². The number of hydrogen-bond donors (Lipinski definition) is 0. The predicted octanol–water partition coefficient (Wildman–Crippen LogP) is 13.5. The van der Waals surface area contributed by atoms with Crippen LogP contribution < -0.4 is 0 Å². The maximum absolute atomic E-state index is 4.86. The minimum Gasteiger partial charge on any atom is -0.256 e. The Bertz CT molecular complexity index is 2890. The molecule has 0 atom stereocenters. The molecule has 9 aromatic carbocycles.